The van der Waals surface area contributed by atoms with Crippen LogP contribution >= 0.6 is 0 Å². The SMILES string of the molecule is COc1cncc(N(C)S(=O)(=O)c2ccccc2)c1. The third kappa shape index (κ3) is 2.68. The lowest BCUT2D eigenvalue weighted by Crippen LogP contribution is -2.26. The van der Waals surface area contributed by atoms with Gasteiger partial charge in [0.15, 0.2) is 0 Å². The number of anilines is 1. The summed E-state index contributed by atoms with van der Waals surface area (Å²) in [7, 11) is -0.588. The molecule has 0 atom stereocenters. The molecule has 0 aliphatic rings. The van der Waals surface area contributed by atoms with E-state index in [9.17, 15) is 8.42 Å². The van der Waals surface area contributed by atoms with Crippen LogP contribution in [0.3, 0.4) is 0 Å². The Labute approximate surface area is 112 Å². The third-order valence-electron chi connectivity index (χ3n) is 2.70. The minimum atomic E-state index is -3.58. The zero-order valence-electron chi connectivity index (χ0n) is 10.6. The molecule has 1 aromatic carbocycles. The van der Waals surface area contributed by atoms with Crippen molar-refractivity contribution in [2.45, 2.75) is 4.90 Å². The van der Waals surface area contributed by atoms with Crippen LogP contribution in [0.2, 0.25) is 0 Å². The van der Waals surface area contributed by atoms with Gasteiger partial charge >= 0.3 is 0 Å². The fourth-order valence-corrected chi connectivity index (χ4v) is 2.78. The monoisotopic (exact) mass is 278 g/mol. The van der Waals surface area contributed by atoms with E-state index in [1.54, 1.807) is 36.4 Å². The second-order valence-electron chi connectivity index (χ2n) is 3.87. The van der Waals surface area contributed by atoms with Gasteiger partial charge in [0.05, 0.1) is 30.1 Å². The minimum absolute atomic E-state index is 0.236. The van der Waals surface area contributed by atoms with Crippen LogP contribution in [0.1, 0.15) is 0 Å². The molecule has 0 saturated carbocycles. The molecule has 0 aliphatic carbocycles. The van der Waals surface area contributed by atoms with Gasteiger partial charge in [0.25, 0.3) is 10.0 Å². The van der Waals surface area contributed by atoms with Gasteiger partial charge in [-0.05, 0) is 12.1 Å². The average molecular weight is 278 g/mol. The van der Waals surface area contributed by atoms with E-state index in [-0.39, 0.29) is 4.90 Å². The van der Waals surface area contributed by atoms with E-state index in [1.807, 2.05) is 0 Å². The van der Waals surface area contributed by atoms with Crippen molar-refractivity contribution in [2.24, 2.45) is 0 Å². The van der Waals surface area contributed by atoms with Crippen LogP contribution in [0.4, 0.5) is 5.69 Å². The van der Waals surface area contributed by atoms with Gasteiger partial charge in [-0.25, -0.2) is 8.42 Å². The molecule has 100 valence electrons. The Bertz CT molecular complexity index is 657. The Morgan fingerprint density at radius 2 is 1.84 bits per heavy atom. The molecule has 19 heavy (non-hydrogen) atoms. The molecular weight excluding hydrogens is 264 g/mol. The highest BCUT2D eigenvalue weighted by molar-refractivity contribution is 7.92. The molecule has 2 rings (SSSR count). The second-order valence-corrected chi connectivity index (χ2v) is 5.84. The number of sulfonamides is 1. The van der Waals surface area contributed by atoms with Gasteiger partial charge in [-0.15, -0.1) is 0 Å². The number of methoxy groups -OCH3 is 1. The molecule has 0 spiro atoms. The van der Waals surface area contributed by atoms with Crippen LogP contribution in [0.5, 0.6) is 5.75 Å². The van der Waals surface area contributed by atoms with Gasteiger partial charge in [0.1, 0.15) is 5.75 Å². The lowest BCUT2D eigenvalue weighted by atomic mass is 10.4. The quantitative estimate of drug-likeness (QED) is 0.857. The summed E-state index contributed by atoms with van der Waals surface area (Å²) >= 11 is 0. The molecule has 0 unspecified atom stereocenters. The minimum Gasteiger partial charge on any atom is -0.495 e. The summed E-state index contributed by atoms with van der Waals surface area (Å²) in [6.45, 7) is 0. The number of hydrogen-bond donors (Lipinski definition) is 0. The number of rotatable bonds is 4. The summed E-state index contributed by atoms with van der Waals surface area (Å²) in [4.78, 5) is 4.19. The molecule has 0 radical (unpaired) electrons. The van der Waals surface area contributed by atoms with E-state index in [0.717, 1.165) is 0 Å². The Kier molecular flexibility index (Phi) is 3.71. The van der Waals surface area contributed by atoms with E-state index in [4.69, 9.17) is 4.74 Å². The summed E-state index contributed by atoms with van der Waals surface area (Å²) in [5.74, 6) is 0.507. The maximum atomic E-state index is 12.4. The van der Waals surface area contributed by atoms with Crippen molar-refractivity contribution in [2.75, 3.05) is 18.5 Å². The predicted octanol–water partition coefficient (Wildman–Crippen LogP) is 1.92. The number of ether oxygens (including phenoxy) is 1. The summed E-state index contributed by atoms with van der Waals surface area (Å²) < 4.78 is 31.0. The second kappa shape index (κ2) is 5.27. The Balaban J connectivity index is 2.40. The van der Waals surface area contributed by atoms with Gasteiger partial charge in [0.2, 0.25) is 0 Å². The summed E-state index contributed by atoms with van der Waals surface area (Å²) in [5.41, 5.74) is 0.447. The first kappa shape index (κ1) is 13.4. The molecule has 0 N–H and O–H groups in total. The number of benzene rings is 1. The summed E-state index contributed by atoms with van der Waals surface area (Å²) in [5, 5.41) is 0. The Hall–Kier alpha value is -2.08. The van der Waals surface area contributed by atoms with E-state index in [1.165, 1.54) is 30.9 Å². The maximum Gasteiger partial charge on any atom is 0.264 e. The summed E-state index contributed by atoms with van der Waals surface area (Å²) in [6.07, 6.45) is 3.00. The molecule has 2 aromatic rings. The molecule has 1 aromatic heterocycles. The highest BCUT2D eigenvalue weighted by atomic mass is 32.2. The fraction of sp³-hybridized carbons (Fsp3) is 0.154. The van der Waals surface area contributed by atoms with Crippen molar-refractivity contribution in [1.82, 2.24) is 4.98 Å². The van der Waals surface area contributed by atoms with Crippen molar-refractivity contribution in [3.8, 4) is 5.75 Å². The molecular formula is C13H14N2O3S. The van der Waals surface area contributed by atoms with E-state index in [0.29, 0.717) is 11.4 Å². The Morgan fingerprint density at radius 1 is 1.16 bits per heavy atom. The number of hydrogen-bond acceptors (Lipinski definition) is 4. The molecule has 0 fully saturated rings. The van der Waals surface area contributed by atoms with Crippen molar-refractivity contribution in [1.29, 1.82) is 0 Å². The predicted molar refractivity (Wildman–Crippen MR) is 72.8 cm³/mol. The third-order valence-corrected chi connectivity index (χ3v) is 4.50. The van der Waals surface area contributed by atoms with Crippen LogP contribution < -0.4 is 9.04 Å². The number of aromatic nitrogens is 1. The first-order valence-electron chi connectivity index (χ1n) is 5.59. The topological polar surface area (TPSA) is 59.5 Å². The van der Waals surface area contributed by atoms with Crippen molar-refractivity contribution < 1.29 is 13.2 Å². The molecule has 5 nitrogen and oxygen atoms in total. The van der Waals surface area contributed by atoms with Crippen LogP contribution in [-0.4, -0.2) is 27.6 Å². The highest BCUT2D eigenvalue weighted by Gasteiger charge is 2.21. The summed E-state index contributed by atoms with van der Waals surface area (Å²) in [6, 6.07) is 9.87. The van der Waals surface area contributed by atoms with Crippen LogP contribution in [0, 0.1) is 0 Å². The fourth-order valence-electron chi connectivity index (χ4n) is 1.58. The number of nitrogens with zero attached hydrogens (tertiary/aromatic N) is 2. The first-order chi connectivity index (χ1) is 9.05. The number of pyridine rings is 1. The normalized spacial score (nSPS) is 11.1. The molecule has 1 heterocycles. The smallest absolute Gasteiger partial charge is 0.264 e. The lowest BCUT2D eigenvalue weighted by molar-refractivity contribution is 0.413. The van der Waals surface area contributed by atoms with Crippen LogP contribution in [0.25, 0.3) is 0 Å². The van der Waals surface area contributed by atoms with Crippen molar-refractivity contribution >= 4 is 15.7 Å². The van der Waals surface area contributed by atoms with Crippen LogP contribution in [-0.2, 0) is 10.0 Å². The van der Waals surface area contributed by atoms with E-state index >= 15 is 0 Å². The molecule has 0 bridgehead atoms. The van der Waals surface area contributed by atoms with Crippen molar-refractivity contribution in [3.63, 3.8) is 0 Å². The lowest BCUT2D eigenvalue weighted by Gasteiger charge is -2.19. The maximum absolute atomic E-state index is 12.4. The molecule has 6 heteroatoms. The van der Waals surface area contributed by atoms with Gasteiger partial charge in [0, 0.05) is 13.1 Å². The highest BCUT2D eigenvalue weighted by Crippen LogP contribution is 2.23. The largest absolute Gasteiger partial charge is 0.495 e. The zero-order valence-corrected chi connectivity index (χ0v) is 11.5. The van der Waals surface area contributed by atoms with E-state index < -0.39 is 10.0 Å². The molecule has 0 amide bonds. The van der Waals surface area contributed by atoms with E-state index in [2.05, 4.69) is 4.98 Å². The average Bonchev–Trinajstić information content (AvgIpc) is 2.47. The van der Waals surface area contributed by atoms with Crippen molar-refractivity contribution in [3.05, 3.63) is 48.8 Å². The van der Waals surface area contributed by atoms with Gasteiger partial charge in [-0.1, -0.05) is 18.2 Å². The van der Waals surface area contributed by atoms with Gasteiger partial charge in [-0.3, -0.25) is 9.29 Å². The Morgan fingerprint density at radius 3 is 2.47 bits per heavy atom. The first-order valence-corrected chi connectivity index (χ1v) is 7.03. The standard InChI is InChI=1S/C13H14N2O3S/c1-15(11-8-12(18-2)10-14-9-11)19(16,17)13-6-4-3-5-7-13/h3-10H,1-2H3. The van der Waals surface area contributed by atoms with Gasteiger partial charge in [-0.2, -0.15) is 0 Å². The molecule has 0 aliphatic heterocycles. The van der Waals surface area contributed by atoms with Crippen LogP contribution in [0.15, 0.2) is 53.7 Å². The molecule has 0 saturated heterocycles. The van der Waals surface area contributed by atoms with Gasteiger partial charge < -0.3 is 4.74 Å². The zero-order chi connectivity index (χ0) is 13.9.